The summed E-state index contributed by atoms with van der Waals surface area (Å²) in [6, 6.07) is 2.81. The number of rotatable bonds is 9. The summed E-state index contributed by atoms with van der Waals surface area (Å²) in [6.07, 6.45) is -3.15. The molecule has 2 aromatic heterocycles. The highest BCUT2D eigenvalue weighted by molar-refractivity contribution is 6.68. The lowest BCUT2D eigenvalue weighted by Gasteiger charge is -2.18. The number of carbonyl (C=O) groups is 2. The molecule has 2 N–H and O–H groups in total. The second-order valence-electron chi connectivity index (χ2n) is 7.35. The maximum atomic E-state index is 14.5. The second-order valence-corrected chi connectivity index (χ2v) is 7.70. The summed E-state index contributed by atoms with van der Waals surface area (Å²) in [5.74, 6) is -6.88. The van der Waals surface area contributed by atoms with Gasteiger partial charge < -0.3 is 24.7 Å². The highest BCUT2D eigenvalue weighted by Crippen LogP contribution is 2.43. The average molecular weight is 562 g/mol. The van der Waals surface area contributed by atoms with E-state index >= 15 is 0 Å². The number of aryl methyl sites for hydroxylation is 1. The van der Waals surface area contributed by atoms with E-state index in [9.17, 15) is 31.5 Å². The van der Waals surface area contributed by atoms with E-state index in [4.69, 9.17) is 31.5 Å². The highest BCUT2D eigenvalue weighted by atomic mass is 35.5. The van der Waals surface area contributed by atoms with E-state index in [1.165, 1.54) is 12.3 Å². The molecule has 38 heavy (non-hydrogen) atoms. The van der Waals surface area contributed by atoms with Gasteiger partial charge in [-0.3, -0.25) is 4.79 Å². The van der Waals surface area contributed by atoms with Crippen molar-refractivity contribution in [2.75, 3.05) is 26.1 Å². The molecule has 0 aliphatic heterocycles. The summed E-state index contributed by atoms with van der Waals surface area (Å²) in [6.45, 7) is 0.714. The van der Waals surface area contributed by atoms with Crippen LogP contribution in [0.15, 0.2) is 30.6 Å². The van der Waals surface area contributed by atoms with Crippen molar-refractivity contribution in [2.45, 2.75) is 13.1 Å². The minimum atomic E-state index is -5.02. The van der Waals surface area contributed by atoms with Crippen LogP contribution in [-0.2, 0) is 10.9 Å². The van der Waals surface area contributed by atoms with Gasteiger partial charge in [-0.1, -0.05) is 0 Å². The topological polar surface area (TPSA) is 123 Å². The number of nitrogen functional groups attached to an aromatic ring is 1. The first-order valence-electron chi connectivity index (χ1n) is 10.4. The number of pyridine rings is 2. The van der Waals surface area contributed by atoms with Crippen LogP contribution in [0.5, 0.6) is 23.0 Å². The summed E-state index contributed by atoms with van der Waals surface area (Å²) < 4.78 is 88.4. The summed E-state index contributed by atoms with van der Waals surface area (Å²) in [7, 11) is 0.840. The summed E-state index contributed by atoms with van der Waals surface area (Å²) in [5, 5.41) is -1.41. The van der Waals surface area contributed by atoms with E-state index in [1.54, 1.807) is 6.92 Å². The van der Waals surface area contributed by atoms with Crippen molar-refractivity contribution in [3.8, 4) is 23.0 Å². The quantitative estimate of drug-likeness (QED) is 0.165. The molecule has 0 amide bonds. The first-order valence-corrected chi connectivity index (χ1v) is 10.7. The van der Waals surface area contributed by atoms with E-state index in [2.05, 4.69) is 14.7 Å². The number of alkyl halides is 3. The number of nitrogens with two attached hydrogens (primary N) is 1. The number of anilines is 1. The van der Waals surface area contributed by atoms with E-state index in [0.717, 1.165) is 13.2 Å². The molecule has 0 bridgehead atoms. The van der Waals surface area contributed by atoms with Crippen LogP contribution >= 0.6 is 11.6 Å². The largest absolute Gasteiger partial charge is 0.494 e. The zero-order chi connectivity index (χ0) is 28.2. The number of methoxy groups -OCH3 is 1. The van der Waals surface area contributed by atoms with Gasteiger partial charge in [-0.05, 0) is 42.3 Å². The van der Waals surface area contributed by atoms with Crippen LogP contribution in [0.3, 0.4) is 0 Å². The standard InChI is InChI=1S/C23H17ClF5N3O6/c1-10-8-31-13(7-12(10)30)22(34)37-6-5-36-18-14(4-3-11(25)17(18)26)38-15-9-32-20(23(27,28)29)19(35-2)16(15)21(24)33/h3-4,7-9H,5-6H2,1-2H3,(H2,30,31). The van der Waals surface area contributed by atoms with Crippen LogP contribution in [0.25, 0.3) is 0 Å². The number of benzene rings is 1. The second kappa shape index (κ2) is 11.5. The lowest BCUT2D eigenvalue weighted by molar-refractivity contribution is -0.142. The molecule has 3 aromatic rings. The predicted molar refractivity (Wildman–Crippen MR) is 122 cm³/mol. The van der Waals surface area contributed by atoms with Crippen molar-refractivity contribution in [1.29, 1.82) is 0 Å². The maximum absolute atomic E-state index is 14.5. The van der Waals surface area contributed by atoms with Crippen LogP contribution < -0.4 is 19.9 Å². The number of hydrogen-bond donors (Lipinski definition) is 1. The van der Waals surface area contributed by atoms with Crippen LogP contribution in [0.2, 0.25) is 0 Å². The first kappa shape index (κ1) is 28.4. The summed E-state index contributed by atoms with van der Waals surface area (Å²) in [4.78, 5) is 31.1. The number of nitrogens with zero attached hydrogens (tertiary/aromatic N) is 2. The minimum absolute atomic E-state index is 0.101. The third-order valence-corrected chi connectivity index (χ3v) is 5.01. The maximum Gasteiger partial charge on any atom is 0.437 e. The molecule has 0 saturated carbocycles. The van der Waals surface area contributed by atoms with Gasteiger partial charge in [-0.2, -0.15) is 17.6 Å². The highest BCUT2D eigenvalue weighted by Gasteiger charge is 2.39. The molecule has 2 heterocycles. The number of halogens is 6. The predicted octanol–water partition coefficient (Wildman–Crippen LogP) is 5.08. The van der Waals surface area contributed by atoms with Crippen LogP contribution in [0.1, 0.15) is 32.1 Å². The normalized spacial score (nSPS) is 11.2. The Labute approximate surface area is 216 Å². The van der Waals surface area contributed by atoms with Crippen LogP contribution in [0.4, 0.5) is 27.6 Å². The first-order chi connectivity index (χ1) is 17.8. The van der Waals surface area contributed by atoms with Gasteiger partial charge in [0.25, 0.3) is 5.24 Å². The summed E-state index contributed by atoms with van der Waals surface area (Å²) in [5.41, 5.74) is 4.12. The van der Waals surface area contributed by atoms with Gasteiger partial charge in [-0.25, -0.2) is 19.2 Å². The van der Waals surface area contributed by atoms with E-state index in [-0.39, 0.29) is 5.69 Å². The smallest absolute Gasteiger partial charge is 0.437 e. The van der Waals surface area contributed by atoms with Crippen molar-refractivity contribution < 1.29 is 50.5 Å². The Morgan fingerprint density at radius 1 is 1.05 bits per heavy atom. The van der Waals surface area contributed by atoms with Gasteiger partial charge >= 0.3 is 12.1 Å². The van der Waals surface area contributed by atoms with Gasteiger partial charge in [0.15, 0.2) is 28.8 Å². The van der Waals surface area contributed by atoms with E-state index < -0.39 is 76.5 Å². The van der Waals surface area contributed by atoms with E-state index in [0.29, 0.717) is 23.5 Å². The summed E-state index contributed by atoms with van der Waals surface area (Å²) >= 11 is 5.46. The van der Waals surface area contributed by atoms with E-state index in [1.807, 2.05) is 0 Å². The van der Waals surface area contributed by atoms with Gasteiger partial charge in [0, 0.05) is 11.9 Å². The van der Waals surface area contributed by atoms with Crippen molar-refractivity contribution >= 4 is 28.5 Å². The fraction of sp³-hybridized carbons (Fsp3) is 0.217. The molecule has 0 fully saturated rings. The van der Waals surface area contributed by atoms with Gasteiger partial charge in [-0.15, -0.1) is 0 Å². The fourth-order valence-electron chi connectivity index (χ4n) is 2.99. The molecule has 0 aliphatic rings. The SMILES string of the molecule is COc1c(C(F)(F)F)ncc(Oc2ccc(F)c(F)c2OCCOC(=O)c2cc(N)c(C)cn2)c1C(=O)Cl. The molecule has 0 spiro atoms. The fourth-order valence-corrected chi connectivity index (χ4v) is 3.17. The average Bonchev–Trinajstić information content (AvgIpc) is 2.85. The molecule has 0 saturated heterocycles. The van der Waals surface area contributed by atoms with Crippen molar-refractivity contribution in [1.82, 2.24) is 9.97 Å². The number of ether oxygens (including phenoxy) is 4. The Morgan fingerprint density at radius 3 is 2.37 bits per heavy atom. The minimum Gasteiger partial charge on any atom is -0.494 e. The molecule has 1 aromatic carbocycles. The third kappa shape index (κ3) is 6.19. The Balaban J connectivity index is 1.83. The Kier molecular flexibility index (Phi) is 8.56. The van der Waals surface area contributed by atoms with Gasteiger partial charge in [0.1, 0.15) is 24.5 Å². The molecular formula is C23H17ClF5N3O6. The monoisotopic (exact) mass is 561 g/mol. The zero-order valence-electron chi connectivity index (χ0n) is 19.5. The molecular weight excluding hydrogens is 545 g/mol. The van der Waals surface area contributed by atoms with Crippen molar-refractivity contribution in [2.24, 2.45) is 0 Å². The van der Waals surface area contributed by atoms with Crippen LogP contribution in [0, 0.1) is 18.6 Å². The van der Waals surface area contributed by atoms with Crippen LogP contribution in [-0.4, -0.2) is 41.5 Å². The Hall–Kier alpha value is -4.20. The number of aromatic nitrogens is 2. The lowest BCUT2D eigenvalue weighted by atomic mass is 10.2. The lowest BCUT2D eigenvalue weighted by Crippen LogP contribution is -2.15. The Bertz CT molecular complexity index is 1390. The molecule has 202 valence electrons. The Morgan fingerprint density at radius 2 is 1.76 bits per heavy atom. The molecule has 0 radical (unpaired) electrons. The van der Waals surface area contributed by atoms with Gasteiger partial charge in [0.2, 0.25) is 11.6 Å². The number of hydrogen-bond acceptors (Lipinski definition) is 9. The molecule has 0 unspecified atom stereocenters. The zero-order valence-corrected chi connectivity index (χ0v) is 20.2. The molecule has 15 heteroatoms. The molecule has 0 aliphatic carbocycles. The third-order valence-electron chi connectivity index (χ3n) is 4.82. The van der Waals surface area contributed by atoms with Crippen molar-refractivity contribution in [3.05, 3.63) is 64.7 Å². The van der Waals surface area contributed by atoms with Crippen molar-refractivity contribution in [3.63, 3.8) is 0 Å². The molecule has 9 nitrogen and oxygen atoms in total. The molecule has 0 atom stereocenters. The number of esters is 1. The molecule has 3 rings (SSSR count). The van der Waals surface area contributed by atoms with Gasteiger partial charge in [0.05, 0.1) is 13.3 Å². The number of carbonyl (C=O) groups excluding carboxylic acids is 2.